The number of carbonyl (C=O) groups excluding carboxylic acids is 3. The second-order valence-electron chi connectivity index (χ2n) is 18.3. The predicted octanol–water partition coefficient (Wildman–Crippen LogP) is 8.67. The Labute approximate surface area is 348 Å². The Morgan fingerprint density at radius 1 is 1.07 bits per heavy atom. The number of aliphatic carboxylic acids is 1. The lowest BCUT2D eigenvalue weighted by Crippen LogP contribution is -2.48. The van der Waals surface area contributed by atoms with Gasteiger partial charge in [-0.25, -0.2) is 16.5 Å². The molecular formula is C44H53ClN4O8S. The van der Waals surface area contributed by atoms with Crippen molar-refractivity contribution in [3.05, 3.63) is 45.0 Å². The van der Waals surface area contributed by atoms with E-state index in [4.69, 9.17) is 42.4 Å². The number of pyridine rings is 1. The zero-order chi connectivity index (χ0) is 41.7. The molecule has 3 saturated carbocycles. The number of benzene rings is 1. The maximum atomic E-state index is 14.8. The average Bonchev–Trinajstić information content (AvgIpc) is 3.83. The SMILES string of the molecule is [C-]#[N+]COc1ccc2c(O[C@H]3C[C@@H](C(=O)C[C@@]4(C(=O)O)C[C@H]4CC)N(C(=O)C(CC(=O)OC4C[C@@H]5C[C@@H]5C4)C(C)(C)C)C3)cc(-c3csc(CC(C)C)n3)nc2c1Cl. The molecule has 8 atom stereocenters. The number of ether oxygens (including phenoxy) is 3. The number of thiazole rings is 1. The molecule has 1 aliphatic heterocycles. The summed E-state index contributed by atoms with van der Waals surface area (Å²) in [4.78, 5) is 69.6. The largest absolute Gasteiger partial charge is 0.488 e. The van der Waals surface area contributed by atoms with Gasteiger partial charge in [-0.3, -0.25) is 24.0 Å². The number of hydrogen-bond acceptors (Lipinski definition) is 10. The molecule has 0 bridgehead atoms. The van der Waals surface area contributed by atoms with Crippen molar-refractivity contribution < 1.29 is 38.5 Å². The van der Waals surface area contributed by atoms with Gasteiger partial charge in [0.15, 0.2) is 5.78 Å². The average molecular weight is 833 g/mol. The van der Waals surface area contributed by atoms with Crippen LogP contribution in [-0.4, -0.2) is 75.1 Å². The molecule has 3 aliphatic carbocycles. The third kappa shape index (κ3) is 8.69. The lowest BCUT2D eigenvalue weighted by Gasteiger charge is -2.35. The smallest absolute Gasteiger partial charge is 0.357 e. The van der Waals surface area contributed by atoms with E-state index in [1.165, 1.54) is 22.7 Å². The molecule has 4 fully saturated rings. The molecule has 2 unspecified atom stereocenters. The molecule has 3 heterocycles. The Kier molecular flexibility index (Phi) is 11.8. The second-order valence-corrected chi connectivity index (χ2v) is 19.6. The quantitative estimate of drug-likeness (QED) is 0.110. The minimum atomic E-state index is -1.16. The summed E-state index contributed by atoms with van der Waals surface area (Å²) in [6.07, 6.45) is 3.77. The minimum absolute atomic E-state index is 0.0362. The fourth-order valence-corrected chi connectivity index (χ4v) is 10.4. The van der Waals surface area contributed by atoms with E-state index in [-0.39, 0.29) is 67.0 Å². The maximum Gasteiger partial charge on any atom is 0.357 e. The highest BCUT2D eigenvalue weighted by Crippen LogP contribution is 2.58. The number of hydrogen-bond donors (Lipinski definition) is 1. The Morgan fingerprint density at radius 3 is 2.45 bits per heavy atom. The first-order chi connectivity index (χ1) is 27.5. The molecular weight excluding hydrogens is 780 g/mol. The van der Waals surface area contributed by atoms with E-state index in [1.807, 2.05) is 33.1 Å². The van der Waals surface area contributed by atoms with Gasteiger partial charge in [-0.2, -0.15) is 0 Å². The normalized spacial score (nSPS) is 26.6. The topological polar surface area (TPSA) is 150 Å². The summed E-state index contributed by atoms with van der Waals surface area (Å²) < 4.78 is 18.3. The van der Waals surface area contributed by atoms with E-state index >= 15 is 0 Å². The highest BCUT2D eigenvalue weighted by molar-refractivity contribution is 7.09. The molecule has 58 heavy (non-hydrogen) atoms. The molecule has 14 heteroatoms. The number of likely N-dealkylation sites (tertiary alicyclic amines) is 1. The number of nitrogens with zero attached hydrogens (tertiary/aromatic N) is 4. The van der Waals surface area contributed by atoms with Crippen molar-refractivity contribution in [1.82, 2.24) is 14.9 Å². The van der Waals surface area contributed by atoms with Gasteiger partial charge >= 0.3 is 18.7 Å². The monoisotopic (exact) mass is 832 g/mol. The number of rotatable bonds is 16. The van der Waals surface area contributed by atoms with E-state index in [9.17, 15) is 24.3 Å². The van der Waals surface area contributed by atoms with Gasteiger partial charge in [0, 0.05) is 36.1 Å². The molecule has 3 aromatic rings. The standard InChI is InChI=1S/C44H53ClN4O8S/c1-8-26-18-44(26,42(53)54)19-34(50)33-15-28(20-49(33)41(52)30(43(4,5)6)16-38(51)57-27-13-24-12-25(24)14-27)56-36-17-31(32-21-58-37(47-32)11-23(2)3)48-40-29(36)9-10-35(39(40)45)55-22-46-7/h9-10,17,21,23-28,30,33H,8,11-16,18-20,22H2,1-6H3,(H,53,54)/t24-,25+,26-,27?,28+,30?,33+,44+/m1/s1. The van der Waals surface area contributed by atoms with E-state index < -0.39 is 40.8 Å². The number of ketones is 1. The van der Waals surface area contributed by atoms with E-state index in [2.05, 4.69) is 18.7 Å². The summed E-state index contributed by atoms with van der Waals surface area (Å²) in [5, 5.41) is 13.9. The summed E-state index contributed by atoms with van der Waals surface area (Å²) in [5.74, 6) is -0.664. The van der Waals surface area contributed by atoms with Gasteiger partial charge in [0.2, 0.25) is 5.91 Å². The number of fused-ring (bicyclic) bond motifs is 2. The van der Waals surface area contributed by atoms with Crippen molar-refractivity contribution >= 4 is 57.5 Å². The molecule has 4 aliphatic rings. The Bertz CT molecular complexity index is 2130. The van der Waals surface area contributed by atoms with Gasteiger partial charge in [0.05, 0.1) is 52.3 Å². The van der Waals surface area contributed by atoms with E-state index in [1.54, 1.807) is 18.2 Å². The van der Waals surface area contributed by atoms with Crippen LogP contribution in [0.3, 0.4) is 0 Å². The van der Waals surface area contributed by atoms with Crippen molar-refractivity contribution in [2.24, 2.45) is 40.4 Å². The van der Waals surface area contributed by atoms with Crippen LogP contribution in [0.15, 0.2) is 23.6 Å². The first-order valence-corrected chi connectivity index (χ1v) is 21.7. The van der Waals surface area contributed by atoms with E-state index in [0.717, 1.165) is 24.3 Å². The van der Waals surface area contributed by atoms with Gasteiger partial charge in [-0.15, -0.1) is 11.3 Å². The number of esters is 1. The highest BCUT2D eigenvalue weighted by atomic mass is 35.5. The number of carboxylic acid groups (broad SMARTS) is 1. The zero-order valence-electron chi connectivity index (χ0n) is 34.1. The van der Waals surface area contributed by atoms with Gasteiger partial charge in [-0.1, -0.05) is 59.6 Å². The van der Waals surface area contributed by atoms with Crippen LogP contribution in [0.5, 0.6) is 11.5 Å². The minimum Gasteiger partial charge on any atom is -0.488 e. The molecule has 12 nitrogen and oxygen atoms in total. The van der Waals surface area contributed by atoms with Crippen LogP contribution in [-0.2, 0) is 30.3 Å². The first-order valence-electron chi connectivity index (χ1n) is 20.5. The summed E-state index contributed by atoms with van der Waals surface area (Å²) in [7, 11) is 0. The Hall–Kier alpha value is -4.28. The summed E-state index contributed by atoms with van der Waals surface area (Å²) in [6, 6.07) is 4.22. The molecule has 7 rings (SSSR count). The van der Waals surface area contributed by atoms with Crippen LogP contribution in [0.25, 0.3) is 27.1 Å². The Balaban J connectivity index is 1.21. The predicted molar refractivity (Wildman–Crippen MR) is 219 cm³/mol. The summed E-state index contributed by atoms with van der Waals surface area (Å²) >= 11 is 8.42. The van der Waals surface area contributed by atoms with Gasteiger partial charge in [0.1, 0.15) is 28.7 Å². The summed E-state index contributed by atoms with van der Waals surface area (Å²) in [6.45, 7) is 18.9. The molecule has 1 N–H and O–H groups in total. The molecule has 1 aromatic carbocycles. The lowest BCUT2D eigenvalue weighted by atomic mass is 9.77. The van der Waals surface area contributed by atoms with Gasteiger partial charge in [-0.05, 0) is 66.9 Å². The van der Waals surface area contributed by atoms with Crippen LogP contribution in [0.2, 0.25) is 5.02 Å². The number of carboxylic acids is 1. The number of aromatic nitrogens is 2. The van der Waals surface area contributed by atoms with Crippen molar-refractivity contribution in [3.63, 3.8) is 0 Å². The van der Waals surface area contributed by atoms with Gasteiger partial charge in [0.25, 0.3) is 0 Å². The third-order valence-electron chi connectivity index (χ3n) is 12.6. The highest BCUT2D eigenvalue weighted by Gasteiger charge is 2.61. The zero-order valence-corrected chi connectivity index (χ0v) is 35.7. The summed E-state index contributed by atoms with van der Waals surface area (Å²) in [5.41, 5.74) is -0.298. The fourth-order valence-electron chi connectivity index (χ4n) is 9.15. The van der Waals surface area contributed by atoms with Crippen LogP contribution < -0.4 is 9.47 Å². The first kappa shape index (κ1) is 41.9. The van der Waals surface area contributed by atoms with Crippen LogP contribution in [0.1, 0.15) is 97.9 Å². The molecule has 0 radical (unpaired) electrons. The number of halogens is 1. The molecule has 1 amide bonds. The third-order valence-corrected chi connectivity index (χ3v) is 13.8. The van der Waals surface area contributed by atoms with Crippen molar-refractivity contribution in [2.75, 3.05) is 13.3 Å². The van der Waals surface area contributed by atoms with E-state index in [0.29, 0.717) is 58.6 Å². The fraction of sp³-hybridized carbons (Fsp3) is 0.614. The molecule has 1 saturated heterocycles. The molecule has 2 aromatic heterocycles. The molecule has 0 spiro atoms. The van der Waals surface area contributed by atoms with Crippen molar-refractivity contribution in [3.8, 4) is 22.9 Å². The van der Waals surface area contributed by atoms with Crippen LogP contribution in [0.4, 0.5) is 0 Å². The lowest BCUT2D eigenvalue weighted by molar-refractivity contribution is -0.157. The number of carbonyl (C=O) groups is 4. The molecule has 310 valence electrons. The van der Waals surface area contributed by atoms with Crippen LogP contribution >= 0.6 is 22.9 Å². The van der Waals surface area contributed by atoms with Crippen molar-refractivity contribution in [2.45, 2.75) is 118 Å². The second kappa shape index (κ2) is 16.4. The number of Topliss-reactive ketones (excluding diaryl/α,β-unsaturated/α-hetero) is 1. The maximum absolute atomic E-state index is 14.8. The number of amides is 1. The Morgan fingerprint density at radius 2 is 1.81 bits per heavy atom. The van der Waals surface area contributed by atoms with Crippen molar-refractivity contribution in [1.29, 1.82) is 0 Å². The van der Waals surface area contributed by atoms with Crippen LogP contribution in [0, 0.1) is 47.0 Å². The van der Waals surface area contributed by atoms with Gasteiger partial charge < -0.3 is 24.2 Å².